The summed E-state index contributed by atoms with van der Waals surface area (Å²) in [6.07, 6.45) is 6.76. The first kappa shape index (κ1) is 12.1. The topological polar surface area (TPSA) is 51.2 Å². The van der Waals surface area contributed by atoms with Crippen LogP contribution >= 0.6 is 0 Å². The number of Topliss-reactive ketones (excluding diaryl/α,β-unsaturated/α-hetero) is 1. The third-order valence-corrected chi connectivity index (χ3v) is 6.24. The van der Waals surface area contributed by atoms with Crippen LogP contribution in [-0.2, 0) is 14.6 Å². The number of rotatable bonds is 3. The van der Waals surface area contributed by atoms with E-state index in [1.807, 2.05) is 0 Å². The summed E-state index contributed by atoms with van der Waals surface area (Å²) in [7, 11) is -3.02. The van der Waals surface area contributed by atoms with Crippen LogP contribution in [0, 0.1) is 5.92 Å². The SMILES string of the molecule is O=C1CCCC(S(=O)(=O)CC2CCCC2)C1. The Kier molecular flexibility index (Phi) is 3.67. The van der Waals surface area contributed by atoms with Crippen LogP contribution in [0.1, 0.15) is 51.4 Å². The minimum Gasteiger partial charge on any atom is -0.300 e. The third-order valence-electron chi connectivity index (χ3n) is 3.89. The number of carbonyl (C=O) groups is 1. The fourth-order valence-corrected chi connectivity index (χ4v) is 5.16. The van der Waals surface area contributed by atoms with E-state index in [1.165, 1.54) is 12.8 Å². The molecule has 2 saturated carbocycles. The third kappa shape index (κ3) is 2.84. The van der Waals surface area contributed by atoms with Gasteiger partial charge in [0.05, 0.1) is 11.0 Å². The molecule has 0 aliphatic heterocycles. The molecule has 16 heavy (non-hydrogen) atoms. The maximum absolute atomic E-state index is 12.1. The highest BCUT2D eigenvalue weighted by atomic mass is 32.2. The average Bonchev–Trinajstić information content (AvgIpc) is 2.70. The normalized spacial score (nSPS) is 28.5. The maximum Gasteiger partial charge on any atom is 0.153 e. The maximum atomic E-state index is 12.1. The number of hydrogen-bond acceptors (Lipinski definition) is 3. The molecule has 1 unspecified atom stereocenters. The largest absolute Gasteiger partial charge is 0.300 e. The Morgan fingerprint density at radius 3 is 2.38 bits per heavy atom. The van der Waals surface area contributed by atoms with Gasteiger partial charge in [-0.3, -0.25) is 4.79 Å². The Bertz CT molecular complexity index is 352. The molecule has 0 saturated heterocycles. The summed E-state index contributed by atoms with van der Waals surface area (Å²) in [5.41, 5.74) is 0. The van der Waals surface area contributed by atoms with Crippen molar-refractivity contribution < 1.29 is 13.2 Å². The van der Waals surface area contributed by atoms with Crippen LogP contribution < -0.4 is 0 Å². The predicted molar refractivity (Wildman–Crippen MR) is 63.0 cm³/mol. The van der Waals surface area contributed by atoms with Crippen molar-refractivity contribution in [2.24, 2.45) is 5.92 Å². The summed E-state index contributed by atoms with van der Waals surface area (Å²) in [6.45, 7) is 0. The molecule has 4 heteroatoms. The molecule has 2 aliphatic rings. The Morgan fingerprint density at radius 1 is 1.06 bits per heavy atom. The van der Waals surface area contributed by atoms with Gasteiger partial charge in [0.15, 0.2) is 9.84 Å². The molecule has 0 aromatic heterocycles. The van der Waals surface area contributed by atoms with E-state index in [0.29, 0.717) is 24.5 Å². The van der Waals surface area contributed by atoms with E-state index in [9.17, 15) is 13.2 Å². The Morgan fingerprint density at radius 2 is 1.75 bits per heavy atom. The number of carbonyl (C=O) groups excluding carboxylic acids is 1. The fourth-order valence-electron chi connectivity index (χ4n) is 2.93. The summed E-state index contributed by atoms with van der Waals surface area (Å²) < 4.78 is 24.3. The van der Waals surface area contributed by atoms with Gasteiger partial charge in [-0.1, -0.05) is 12.8 Å². The molecule has 2 fully saturated rings. The second-order valence-electron chi connectivity index (χ2n) is 5.24. The van der Waals surface area contributed by atoms with Gasteiger partial charge in [0.1, 0.15) is 5.78 Å². The minimum atomic E-state index is -3.02. The summed E-state index contributed by atoms with van der Waals surface area (Å²) in [4.78, 5) is 11.3. The Hall–Kier alpha value is -0.380. The zero-order chi connectivity index (χ0) is 11.6. The van der Waals surface area contributed by atoms with Crippen LogP contribution in [0.4, 0.5) is 0 Å². The van der Waals surface area contributed by atoms with Crippen molar-refractivity contribution in [2.45, 2.75) is 56.6 Å². The van der Waals surface area contributed by atoms with E-state index < -0.39 is 9.84 Å². The lowest BCUT2D eigenvalue weighted by molar-refractivity contribution is -0.120. The van der Waals surface area contributed by atoms with Gasteiger partial charge in [0, 0.05) is 12.8 Å². The summed E-state index contributed by atoms with van der Waals surface area (Å²) in [5, 5.41) is -0.366. The number of ketones is 1. The Balaban J connectivity index is 1.97. The van der Waals surface area contributed by atoms with Gasteiger partial charge in [-0.25, -0.2) is 8.42 Å². The van der Waals surface area contributed by atoms with Gasteiger partial charge >= 0.3 is 0 Å². The Labute approximate surface area is 97.5 Å². The van der Waals surface area contributed by atoms with E-state index >= 15 is 0 Å². The predicted octanol–water partition coefficient (Wildman–Crippen LogP) is 2.10. The zero-order valence-corrected chi connectivity index (χ0v) is 10.5. The van der Waals surface area contributed by atoms with Crippen molar-refractivity contribution in [1.82, 2.24) is 0 Å². The summed E-state index contributed by atoms with van der Waals surface area (Å²) in [6, 6.07) is 0. The zero-order valence-electron chi connectivity index (χ0n) is 9.65. The molecule has 1 atom stereocenters. The van der Waals surface area contributed by atoms with Gasteiger partial charge in [0.25, 0.3) is 0 Å². The molecule has 3 nitrogen and oxygen atoms in total. The van der Waals surface area contributed by atoms with Crippen molar-refractivity contribution in [3.05, 3.63) is 0 Å². The first-order valence-electron chi connectivity index (χ1n) is 6.31. The molecule has 2 aliphatic carbocycles. The number of hydrogen-bond donors (Lipinski definition) is 0. The van der Waals surface area contributed by atoms with Crippen molar-refractivity contribution in [3.63, 3.8) is 0 Å². The molecular weight excluding hydrogens is 224 g/mol. The summed E-state index contributed by atoms with van der Waals surface area (Å²) >= 11 is 0. The van der Waals surface area contributed by atoms with Crippen LogP contribution in [0.5, 0.6) is 0 Å². The van der Waals surface area contributed by atoms with Gasteiger partial charge in [0.2, 0.25) is 0 Å². The van der Waals surface area contributed by atoms with E-state index in [-0.39, 0.29) is 17.5 Å². The molecular formula is C12H20O3S. The molecule has 0 N–H and O–H groups in total. The van der Waals surface area contributed by atoms with E-state index in [1.54, 1.807) is 0 Å². The quantitative estimate of drug-likeness (QED) is 0.764. The summed E-state index contributed by atoms with van der Waals surface area (Å²) in [5.74, 6) is 0.818. The monoisotopic (exact) mass is 244 g/mol. The first-order valence-corrected chi connectivity index (χ1v) is 8.03. The molecule has 0 aromatic carbocycles. The number of sulfone groups is 1. The molecule has 92 valence electrons. The lowest BCUT2D eigenvalue weighted by Gasteiger charge is -2.22. The minimum absolute atomic E-state index is 0.131. The van der Waals surface area contributed by atoms with Gasteiger partial charge in [-0.2, -0.15) is 0 Å². The fraction of sp³-hybridized carbons (Fsp3) is 0.917. The van der Waals surface area contributed by atoms with Crippen LogP contribution in [0.3, 0.4) is 0 Å². The van der Waals surface area contributed by atoms with Crippen LogP contribution in [0.15, 0.2) is 0 Å². The van der Waals surface area contributed by atoms with Crippen molar-refractivity contribution >= 4 is 15.6 Å². The lowest BCUT2D eigenvalue weighted by atomic mass is 9.99. The van der Waals surface area contributed by atoms with Crippen molar-refractivity contribution in [2.75, 3.05) is 5.75 Å². The second-order valence-corrected chi connectivity index (χ2v) is 7.56. The first-order chi connectivity index (χ1) is 7.58. The highest BCUT2D eigenvalue weighted by molar-refractivity contribution is 7.92. The van der Waals surface area contributed by atoms with Crippen molar-refractivity contribution in [3.8, 4) is 0 Å². The van der Waals surface area contributed by atoms with E-state index in [4.69, 9.17) is 0 Å². The molecule has 0 bridgehead atoms. The van der Waals surface area contributed by atoms with E-state index in [0.717, 1.165) is 19.3 Å². The molecule has 0 heterocycles. The highest BCUT2D eigenvalue weighted by Gasteiger charge is 2.33. The molecule has 0 aromatic rings. The lowest BCUT2D eigenvalue weighted by Crippen LogP contribution is -2.32. The molecule has 0 amide bonds. The molecule has 0 radical (unpaired) electrons. The van der Waals surface area contributed by atoms with Crippen molar-refractivity contribution in [1.29, 1.82) is 0 Å². The molecule has 0 spiro atoms. The van der Waals surface area contributed by atoms with Gasteiger partial charge < -0.3 is 0 Å². The van der Waals surface area contributed by atoms with Gasteiger partial charge in [-0.05, 0) is 31.6 Å². The smallest absolute Gasteiger partial charge is 0.153 e. The highest BCUT2D eigenvalue weighted by Crippen LogP contribution is 2.29. The molecule has 2 rings (SSSR count). The van der Waals surface area contributed by atoms with Crippen LogP contribution in [0.2, 0.25) is 0 Å². The second kappa shape index (κ2) is 4.86. The van der Waals surface area contributed by atoms with Crippen LogP contribution in [-0.4, -0.2) is 25.2 Å². The average molecular weight is 244 g/mol. The van der Waals surface area contributed by atoms with E-state index in [2.05, 4.69) is 0 Å². The van der Waals surface area contributed by atoms with Gasteiger partial charge in [-0.15, -0.1) is 0 Å². The standard InChI is InChI=1S/C12H20O3S/c13-11-6-3-7-12(8-11)16(14,15)9-10-4-1-2-5-10/h10,12H,1-9H2. The van der Waals surface area contributed by atoms with Crippen LogP contribution in [0.25, 0.3) is 0 Å².